The highest BCUT2D eigenvalue weighted by atomic mass is 79.9. The fourth-order valence-electron chi connectivity index (χ4n) is 1.18. The number of aliphatic hydroxyl groups excluding tert-OH is 1. The first kappa shape index (κ1) is 11.6. The Hall–Kier alpha value is -0.450. The van der Waals surface area contributed by atoms with E-state index in [9.17, 15) is 4.39 Å². The van der Waals surface area contributed by atoms with Crippen molar-refractivity contribution in [1.29, 1.82) is 0 Å². The van der Waals surface area contributed by atoms with E-state index < -0.39 is 0 Å². The predicted molar refractivity (Wildman–Crippen MR) is 57.6 cm³/mol. The van der Waals surface area contributed by atoms with E-state index >= 15 is 0 Å². The maximum atomic E-state index is 13.1. The van der Waals surface area contributed by atoms with Crippen molar-refractivity contribution in [3.8, 4) is 0 Å². The molecule has 78 valence electrons. The zero-order valence-corrected chi connectivity index (χ0v) is 9.51. The average molecular weight is 262 g/mol. The molecule has 0 spiro atoms. The summed E-state index contributed by atoms with van der Waals surface area (Å²) in [5.74, 6) is -0.264. The summed E-state index contributed by atoms with van der Waals surface area (Å²) in [7, 11) is 0. The van der Waals surface area contributed by atoms with Crippen LogP contribution in [0.25, 0.3) is 0 Å². The second-order valence-corrected chi connectivity index (χ2v) is 3.93. The van der Waals surface area contributed by atoms with Crippen LogP contribution in [0.15, 0.2) is 22.7 Å². The monoisotopic (exact) mass is 261 g/mol. The van der Waals surface area contributed by atoms with Crippen LogP contribution >= 0.6 is 15.9 Å². The van der Waals surface area contributed by atoms with Crippen LogP contribution in [-0.2, 0) is 0 Å². The Labute approximate surface area is 91.3 Å². The van der Waals surface area contributed by atoms with Gasteiger partial charge in [-0.25, -0.2) is 4.39 Å². The highest BCUT2D eigenvalue weighted by Gasteiger charge is 2.06. The molecule has 2 N–H and O–H groups in total. The molecule has 4 heteroatoms. The highest BCUT2D eigenvalue weighted by Crippen LogP contribution is 2.20. The van der Waals surface area contributed by atoms with E-state index in [1.54, 1.807) is 6.07 Å². The molecule has 0 saturated heterocycles. The molecular formula is C10H13BrFNO. The summed E-state index contributed by atoms with van der Waals surface area (Å²) >= 11 is 3.10. The molecule has 1 atom stereocenters. The molecule has 1 aromatic carbocycles. The first-order valence-electron chi connectivity index (χ1n) is 4.44. The van der Waals surface area contributed by atoms with Crippen molar-refractivity contribution in [1.82, 2.24) is 5.32 Å². The molecule has 0 aromatic heterocycles. The van der Waals surface area contributed by atoms with Crippen molar-refractivity contribution < 1.29 is 9.50 Å². The molecule has 0 radical (unpaired) electrons. The smallest absolute Gasteiger partial charge is 0.137 e. The largest absolute Gasteiger partial charge is 0.395 e. The van der Waals surface area contributed by atoms with Crippen molar-refractivity contribution in [3.05, 3.63) is 34.1 Å². The lowest BCUT2D eigenvalue weighted by molar-refractivity contribution is 0.286. The first-order valence-corrected chi connectivity index (χ1v) is 5.23. The van der Waals surface area contributed by atoms with E-state index in [0.717, 1.165) is 5.56 Å². The first-order chi connectivity index (χ1) is 6.65. The van der Waals surface area contributed by atoms with Crippen molar-refractivity contribution in [2.45, 2.75) is 13.0 Å². The van der Waals surface area contributed by atoms with Gasteiger partial charge in [0.25, 0.3) is 0 Å². The van der Waals surface area contributed by atoms with Gasteiger partial charge in [0.1, 0.15) is 5.82 Å². The third-order valence-corrected chi connectivity index (χ3v) is 2.65. The van der Waals surface area contributed by atoms with E-state index in [1.165, 1.54) is 6.07 Å². The molecule has 14 heavy (non-hydrogen) atoms. The molecule has 0 amide bonds. The summed E-state index contributed by atoms with van der Waals surface area (Å²) in [6, 6.07) is 5.06. The molecule has 1 rings (SSSR count). The van der Waals surface area contributed by atoms with E-state index in [2.05, 4.69) is 21.2 Å². The van der Waals surface area contributed by atoms with Crippen molar-refractivity contribution >= 4 is 15.9 Å². The molecule has 0 heterocycles. The molecule has 0 aliphatic carbocycles. The standard InChI is InChI=1S/C10H13BrFNO/c1-7(13-4-5-14)8-2-3-9(11)10(12)6-8/h2-3,6-7,13-14H,4-5H2,1H3. The number of nitrogens with one attached hydrogen (secondary N) is 1. The topological polar surface area (TPSA) is 32.3 Å². The summed E-state index contributed by atoms with van der Waals surface area (Å²) in [5, 5.41) is 11.7. The van der Waals surface area contributed by atoms with Gasteiger partial charge < -0.3 is 10.4 Å². The van der Waals surface area contributed by atoms with Crippen molar-refractivity contribution in [3.63, 3.8) is 0 Å². The summed E-state index contributed by atoms with van der Waals surface area (Å²) in [6.07, 6.45) is 0. The van der Waals surface area contributed by atoms with Gasteiger partial charge in [0, 0.05) is 12.6 Å². The van der Waals surface area contributed by atoms with Gasteiger partial charge in [-0.15, -0.1) is 0 Å². The van der Waals surface area contributed by atoms with Crippen LogP contribution in [0.2, 0.25) is 0 Å². The van der Waals surface area contributed by atoms with Crippen LogP contribution in [0, 0.1) is 5.82 Å². The molecule has 0 aliphatic heterocycles. The molecule has 1 aromatic rings. The Morgan fingerprint density at radius 1 is 1.57 bits per heavy atom. The predicted octanol–water partition coefficient (Wildman–Crippen LogP) is 2.23. The van der Waals surface area contributed by atoms with Gasteiger partial charge in [0.05, 0.1) is 11.1 Å². The number of hydrogen-bond donors (Lipinski definition) is 2. The molecule has 0 saturated carbocycles. The van der Waals surface area contributed by atoms with Gasteiger partial charge in [-0.2, -0.15) is 0 Å². The Kier molecular flexibility index (Phi) is 4.51. The van der Waals surface area contributed by atoms with Crippen LogP contribution in [0.1, 0.15) is 18.5 Å². The number of rotatable bonds is 4. The Balaban J connectivity index is 2.70. The third kappa shape index (κ3) is 3.04. The normalized spacial score (nSPS) is 12.9. The van der Waals surface area contributed by atoms with Gasteiger partial charge in [-0.05, 0) is 40.5 Å². The summed E-state index contributed by atoms with van der Waals surface area (Å²) in [4.78, 5) is 0. The zero-order valence-electron chi connectivity index (χ0n) is 7.93. The van der Waals surface area contributed by atoms with Gasteiger partial charge in [-0.3, -0.25) is 0 Å². The fourth-order valence-corrected chi connectivity index (χ4v) is 1.43. The zero-order chi connectivity index (χ0) is 10.6. The summed E-state index contributed by atoms with van der Waals surface area (Å²) < 4.78 is 13.6. The van der Waals surface area contributed by atoms with E-state index in [0.29, 0.717) is 11.0 Å². The number of benzene rings is 1. The van der Waals surface area contributed by atoms with Crippen LogP contribution in [0.3, 0.4) is 0 Å². The lowest BCUT2D eigenvalue weighted by Gasteiger charge is -2.13. The summed E-state index contributed by atoms with van der Waals surface area (Å²) in [6.45, 7) is 2.53. The van der Waals surface area contributed by atoms with Crippen LogP contribution in [0.5, 0.6) is 0 Å². The number of halogens is 2. The molecule has 1 unspecified atom stereocenters. The van der Waals surface area contributed by atoms with E-state index in [-0.39, 0.29) is 18.5 Å². The minimum atomic E-state index is -0.264. The lowest BCUT2D eigenvalue weighted by atomic mass is 10.1. The quantitative estimate of drug-likeness (QED) is 0.872. The Morgan fingerprint density at radius 3 is 2.86 bits per heavy atom. The molecule has 2 nitrogen and oxygen atoms in total. The van der Waals surface area contributed by atoms with Crippen LogP contribution < -0.4 is 5.32 Å². The minimum absolute atomic E-state index is 0.0461. The second kappa shape index (κ2) is 5.44. The van der Waals surface area contributed by atoms with Gasteiger partial charge in [-0.1, -0.05) is 6.07 Å². The van der Waals surface area contributed by atoms with Gasteiger partial charge in [0.2, 0.25) is 0 Å². The highest BCUT2D eigenvalue weighted by molar-refractivity contribution is 9.10. The Bertz CT molecular complexity index is 306. The Morgan fingerprint density at radius 2 is 2.29 bits per heavy atom. The summed E-state index contributed by atoms with van der Waals surface area (Å²) in [5.41, 5.74) is 0.874. The van der Waals surface area contributed by atoms with Crippen LogP contribution in [0.4, 0.5) is 4.39 Å². The van der Waals surface area contributed by atoms with E-state index in [4.69, 9.17) is 5.11 Å². The fraction of sp³-hybridized carbons (Fsp3) is 0.400. The van der Waals surface area contributed by atoms with Gasteiger partial charge >= 0.3 is 0 Å². The van der Waals surface area contributed by atoms with Crippen LogP contribution in [-0.4, -0.2) is 18.3 Å². The maximum Gasteiger partial charge on any atom is 0.137 e. The minimum Gasteiger partial charge on any atom is -0.395 e. The van der Waals surface area contributed by atoms with Gasteiger partial charge in [0.15, 0.2) is 0 Å². The molecular weight excluding hydrogens is 249 g/mol. The molecule has 0 aliphatic rings. The van der Waals surface area contributed by atoms with E-state index in [1.807, 2.05) is 13.0 Å². The number of hydrogen-bond acceptors (Lipinski definition) is 2. The molecule has 0 bridgehead atoms. The SMILES string of the molecule is CC(NCCO)c1ccc(Br)c(F)c1. The third-order valence-electron chi connectivity index (χ3n) is 2.01. The van der Waals surface area contributed by atoms with Crippen molar-refractivity contribution in [2.24, 2.45) is 0 Å². The average Bonchev–Trinajstić information content (AvgIpc) is 2.18. The maximum absolute atomic E-state index is 13.1. The molecule has 0 fully saturated rings. The number of aliphatic hydroxyl groups is 1. The lowest BCUT2D eigenvalue weighted by Crippen LogP contribution is -2.22. The van der Waals surface area contributed by atoms with Crippen molar-refractivity contribution in [2.75, 3.05) is 13.2 Å². The second-order valence-electron chi connectivity index (χ2n) is 3.07.